The Balaban J connectivity index is 2.21. The summed E-state index contributed by atoms with van der Waals surface area (Å²) in [4.78, 5) is 3.57. The minimum absolute atomic E-state index is 0.0774. The average molecular weight is 244 g/mol. The lowest BCUT2D eigenvalue weighted by molar-refractivity contribution is 0.527. The molecule has 16 heavy (non-hydrogen) atoms. The fourth-order valence-corrected chi connectivity index (χ4v) is 3.20. The SMILES string of the molecule is O=S(=O)(NC1CCCC1)c1ncccc1F. The third-order valence-electron chi connectivity index (χ3n) is 2.66. The van der Waals surface area contributed by atoms with Crippen molar-refractivity contribution < 1.29 is 12.8 Å². The van der Waals surface area contributed by atoms with Gasteiger partial charge in [-0.25, -0.2) is 22.5 Å². The number of hydrogen-bond acceptors (Lipinski definition) is 3. The molecule has 0 unspecified atom stereocenters. The van der Waals surface area contributed by atoms with Gasteiger partial charge in [-0.15, -0.1) is 0 Å². The largest absolute Gasteiger partial charge is 0.261 e. The van der Waals surface area contributed by atoms with Crippen LogP contribution in [0.1, 0.15) is 25.7 Å². The minimum atomic E-state index is -3.81. The van der Waals surface area contributed by atoms with Gasteiger partial charge in [0.15, 0.2) is 5.82 Å². The van der Waals surface area contributed by atoms with E-state index in [0.717, 1.165) is 31.7 Å². The summed E-state index contributed by atoms with van der Waals surface area (Å²) in [6.45, 7) is 0. The van der Waals surface area contributed by atoms with Gasteiger partial charge in [0.05, 0.1) is 0 Å². The Morgan fingerprint density at radius 1 is 1.38 bits per heavy atom. The van der Waals surface area contributed by atoms with E-state index in [1.165, 1.54) is 12.3 Å². The summed E-state index contributed by atoms with van der Waals surface area (Å²) in [5, 5.41) is -0.512. The van der Waals surface area contributed by atoms with Crippen molar-refractivity contribution in [3.8, 4) is 0 Å². The molecule has 0 aliphatic heterocycles. The molecule has 0 amide bonds. The number of rotatable bonds is 3. The molecule has 1 aromatic rings. The van der Waals surface area contributed by atoms with Gasteiger partial charge >= 0.3 is 0 Å². The average Bonchev–Trinajstić information content (AvgIpc) is 2.70. The van der Waals surface area contributed by atoms with Gasteiger partial charge in [-0.05, 0) is 25.0 Å². The lowest BCUT2D eigenvalue weighted by atomic mass is 10.3. The van der Waals surface area contributed by atoms with Crippen LogP contribution in [0.4, 0.5) is 4.39 Å². The third-order valence-corrected chi connectivity index (χ3v) is 4.11. The first-order chi connectivity index (χ1) is 7.59. The van der Waals surface area contributed by atoms with Gasteiger partial charge in [0.25, 0.3) is 10.0 Å². The maximum absolute atomic E-state index is 13.3. The zero-order valence-electron chi connectivity index (χ0n) is 8.69. The fraction of sp³-hybridized carbons (Fsp3) is 0.500. The zero-order chi connectivity index (χ0) is 11.6. The Hall–Kier alpha value is -1.01. The second-order valence-electron chi connectivity index (χ2n) is 3.89. The topological polar surface area (TPSA) is 59.1 Å². The van der Waals surface area contributed by atoms with Crippen LogP contribution in [0.25, 0.3) is 0 Å². The molecular weight excluding hydrogens is 231 g/mol. The van der Waals surface area contributed by atoms with Crippen molar-refractivity contribution in [1.82, 2.24) is 9.71 Å². The predicted molar refractivity (Wildman–Crippen MR) is 56.8 cm³/mol. The molecule has 1 aliphatic rings. The molecule has 0 atom stereocenters. The van der Waals surface area contributed by atoms with E-state index < -0.39 is 20.9 Å². The van der Waals surface area contributed by atoms with Crippen LogP contribution >= 0.6 is 0 Å². The molecular formula is C10H13FN2O2S. The van der Waals surface area contributed by atoms with Crippen LogP contribution in [0, 0.1) is 5.82 Å². The highest BCUT2D eigenvalue weighted by Gasteiger charge is 2.26. The molecule has 1 aliphatic carbocycles. The molecule has 0 radical (unpaired) electrons. The lowest BCUT2D eigenvalue weighted by Crippen LogP contribution is -2.33. The molecule has 1 N–H and O–H groups in total. The highest BCUT2D eigenvalue weighted by Crippen LogP contribution is 2.20. The van der Waals surface area contributed by atoms with E-state index in [0.29, 0.717) is 0 Å². The van der Waals surface area contributed by atoms with Crippen LogP contribution in [0.15, 0.2) is 23.4 Å². The van der Waals surface area contributed by atoms with Crippen molar-refractivity contribution in [2.45, 2.75) is 36.8 Å². The quantitative estimate of drug-likeness (QED) is 0.875. The Morgan fingerprint density at radius 2 is 2.06 bits per heavy atom. The molecule has 0 saturated heterocycles. The normalized spacial score (nSPS) is 17.8. The zero-order valence-corrected chi connectivity index (χ0v) is 9.50. The molecule has 1 saturated carbocycles. The summed E-state index contributed by atoms with van der Waals surface area (Å²) in [6, 6.07) is 2.38. The standard InChI is InChI=1S/C10H13FN2O2S/c11-9-6-3-7-12-10(9)16(14,15)13-8-4-1-2-5-8/h3,6-8,13H,1-2,4-5H2. The number of halogens is 1. The summed E-state index contributed by atoms with van der Waals surface area (Å²) < 4.78 is 39.4. The number of hydrogen-bond donors (Lipinski definition) is 1. The second kappa shape index (κ2) is 4.47. The first-order valence-electron chi connectivity index (χ1n) is 5.22. The molecule has 1 aromatic heterocycles. The van der Waals surface area contributed by atoms with Crippen molar-refractivity contribution in [1.29, 1.82) is 0 Å². The fourth-order valence-electron chi connectivity index (χ4n) is 1.89. The Bertz CT molecular complexity index is 469. The summed E-state index contributed by atoms with van der Waals surface area (Å²) in [6.07, 6.45) is 4.92. The van der Waals surface area contributed by atoms with Crippen molar-refractivity contribution in [2.24, 2.45) is 0 Å². The summed E-state index contributed by atoms with van der Waals surface area (Å²) in [5.41, 5.74) is 0. The Morgan fingerprint density at radius 3 is 2.69 bits per heavy atom. The molecule has 0 spiro atoms. The lowest BCUT2D eigenvalue weighted by Gasteiger charge is -2.11. The van der Waals surface area contributed by atoms with Gasteiger partial charge in [-0.2, -0.15) is 0 Å². The van der Waals surface area contributed by atoms with Crippen LogP contribution < -0.4 is 4.72 Å². The van der Waals surface area contributed by atoms with Gasteiger partial charge in [0.1, 0.15) is 0 Å². The van der Waals surface area contributed by atoms with Gasteiger partial charge in [0.2, 0.25) is 5.03 Å². The van der Waals surface area contributed by atoms with Gasteiger partial charge in [-0.3, -0.25) is 0 Å². The number of aromatic nitrogens is 1. The first-order valence-corrected chi connectivity index (χ1v) is 6.71. The van der Waals surface area contributed by atoms with Crippen molar-refractivity contribution in [3.05, 3.63) is 24.1 Å². The molecule has 6 heteroatoms. The van der Waals surface area contributed by atoms with E-state index in [-0.39, 0.29) is 6.04 Å². The number of nitrogens with zero attached hydrogens (tertiary/aromatic N) is 1. The van der Waals surface area contributed by atoms with Crippen LogP contribution in [0.3, 0.4) is 0 Å². The Labute approximate surface area is 93.9 Å². The third kappa shape index (κ3) is 2.38. The van der Waals surface area contributed by atoms with Crippen molar-refractivity contribution >= 4 is 10.0 Å². The molecule has 1 fully saturated rings. The summed E-state index contributed by atoms with van der Waals surface area (Å²) >= 11 is 0. The maximum atomic E-state index is 13.3. The van der Waals surface area contributed by atoms with Gasteiger partial charge in [-0.1, -0.05) is 12.8 Å². The van der Waals surface area contributed by atoms with Crippen LogP contribution in [-0.2, 0) is 10.0 Å². The minimum Gasteiger partial charge on any atom is -0.241 e. The van der Waals surface area contributed by atoms with Crippen LogP contribution in [0.2, 0.25) is 0 Å². The van der Waals surface area contributed by atoms with E-state index in [1.54, 1.807) is 0 Å². The molecule has 0 bridgehead atoms. The number of sulfonamides is 1. The van der Waals surface area contributed by atoms with Crippen LogP contribution in [0.5, 0.6) is 0 Å². The van der Waals surface area contributed by atoms with Crippen molar-refractivity contribution in [2.75, 3.05) is 0 Å². The summed E-state index contributed by atoms with van der Waals surface area (Å²) in [5.74, 6) is -0.812. The molecule has 0 aromatic carbocycles. The highest BCUT2D eigenvalue weighted by atomic mass is 32.2. The monoisotopic (exact) mass is 244 g/mol. The van der Waals surface area contributed by atoms with Crippen molar-refractivity contribution in [3.63, 3.8) is 0 Å². The second-order valence-corrected chi connectivity index (χ2v) is 5.52. The Kier molecular flexibility index (Phi) is 3.20. The number of pyridine rings is 1. The van der Waals surface area contributed by atoms with Crippen LogP contribution in [-0.4, -0.2) is 19.4 Å². The maximum Gasteiger partial charge on any atom is 0.261 e. The van der Waals surface area contributed by atoms with E-state index in [9.17, 15) is 12.8 Å². The van der Waals surface area contributed by atoms with Gasteiger partial charge in [0, 0.05) is 12.2 Å². The smallest absolute Gasteiger partial charge is 0.241 e. The molecule has 4 nitrogen and oxygen atoms in total. The predicted octanol–water partition coefficient (Wildman–Crippen LogP) is 1.44. The van der Waals surface area contributed by atoms with E-state index in [2.05, 4.69) is 9.71 Å². The first kappa shape index (κ1) is 11.5. The van der Waals surface area contributed by atoms with E-state index in [1.807, 2.05) is 0 Å². The van der Waals surface area contributed by atoms with Gasteiger partial charge < -0.3 is 0 Å². The van der Waals surface area contributed by atoms with E-state index >= 15 is 0 Å². The highest BCUT2D eigenvalue weighted by molar-refractivity contribution is 7.89. The molecule has 2 rings (SSSR count). The summed E-state index contributed by atoms with van der Waals surface area (Å²) in [7, 11) is -3.81. The molecule has 88 valence electrons. The number of nitrogens with one attached hydrogen (secondary N) is 1. The molecule has 1 heterocycles. The van der Waals surface area contributed by atoms with E-state index in [4.69, 9.17) is 0 Å².